The highest BCUT2D eigenvalue weighted by Gasteiger charge is 2.54. The molecular weight excluding hydrogens is 642 g/mol. The van der Waals surface area contributed by atoms with Gasteiger partial charge in [0, 0.05) is 21.7 Å². The van der Waals surface area contributed by atoms with Crippen molar-refractivity contribution in [3.63, 3.8) is 0 Å². The van der Waals surface area contributed by atoms with Crippen LogP contribution in [0.2, 0.25) is 0 Å². The van der Waals surface area contributed by atoms with E-state index in [2.05, 4.69) is 47.3 Å². The van der Waals surface area contributed by atoms with Crippen LogP contribution in [0.4, 0.5) is 9.52 Å². The van der Waals surface area contributed by atoms with Crippen LogP contribution in [0.3, 0.4) is 0 Å². The Morgan fingerprint density at radius 3 is 2.73 bits per heavy atom. The maximum absolute atomic E-state index is 13.1. The summed E-state index contributed by atoms with van der Waals surface area (Å²) in [6.07, 6.45) is 0. The molecule has 12 nitrogen and oxygen atoms in total. The zero-order valence-corrected chi connectivity index (χ0v) is 23.0. The molecular formula is C21H20FIN6O6S2. The summed E-state index contributed by atoms with van der Waals surface area (Å²) in [7, 11) is 1.56. The Morgan fingerprint density at radius 1 is 1.35 bits per heavy atom. The maximum Gasteiger partial charge on any atom is 0.355 e. The number of nitrogen functional groups attached to an aromatic ring is 1. The lowest BCUT2D eigenvalue weighted by atomic mass is 10.0. The van der Waals surface area contributed by atoms with Gasteiger partial charge in [0.1, 0.15) is 29.5 Å². The van der Waals surface area contributed by atoms with Gasteiger partial charge in [-0.25, -0.2) is 9.18 Å². The molecule has 2 aromatic rings. The van der Waals surface area contributed by atoms with Crippen molar-refractivity contribution in [1.82, 2.24) is 19.6 Å². The number of β-lactam (4-membered cyclic amide) rings is 1. The normalized spacial score (nSPS) is 19.2. The number of carbonyl (C=O) groups excluding carboxylic acids is 3. The number of methoxy groups -OCH3 is 1. The number of hydrogen-bond acceptors (Lipinski definition) is 12. The van der Waals surface area contributed by atoms with E-state index < -0.39 is 41.8 Å². The number of nitrogens with zero attached hydrogens (tertiary/aromatic N) is 4. The number of amides is 2. The number of thioether (sulfide) groups is 1. The third kappa shape index (κ3) is 5.80. The zero-order chi connectivity index (χ0) is 26.5. The number of anilines is 1. The van der Waals surface area contributed by atoms with Crippen LogP contribution in [0.25, 0.3) is 0 Å². The number of alkyl halides is 2. The molecule has 2 unspecified atom stereocenters. The van der Waals surface area contributed by atoms with Crippen LogP contribution in [-0.4, -0.2) is 73.3 Å². The van der Waals surface area contributed by atoms with E-state index in [1.165, 1.54) is 16.7 Å². The number of rotatable bonds is 10. The quantitative estimate of drug-likeness (QED) is 0.0957. The van der Waals surface area contributed by atoms with Crippen LogP contribution in [0.15, 0.2) is 40.7 Å². The van der Waals surface area contributed by atoms with Crippen molar-refractivity contribution in [3.05, 3.63) is 46.9 Å². The molecule has 4 rings (SSSR count). The molecule has 0 saturated carbocycles. The molecule has 2 aliphatic rings. The van der Waals surface area contributed by atoms with E-state index in [-0.39, 0.29) is 23.3 Å². The number of nitrogens with two attached hydrogens (primary N) is 1. The van der Waals surface area contributed by atoms with Gasteiger partial charge in [-0.3, -0.25) is 14.5 Å². The number of carbonyl (C=O) groups is 3. The second-order valence-corrected chi connectivity index (χ2v) is 10.2. The fourth-order valence-corrected chi connectivity index (χ4v) is 6.30. The summed E-state index contributed by atoms with van der Waals surface area (Å²) in [4.78, 5) is 48.6. The topological polar surface area (TPSA) is 158 Å². The minimum Gasteiger partial charge on any atom is -0.497 e. The Balaban J connectivity index is 1.46. The van der Waals surface area contributed by atoms with E-state index in [0.29, 0.717) is 15.9 Å². The van der Waals surface area contributed by atoms with Crippen molar-refractivity contribution in [2.24, 2.45) is 5.16 Å². The molecule has 1 aromatic carbocycles. The van der Waals surface area contributed by atoms with Crippen LogP contribution >= 0.6 is 45.9 Å². The highest BCUT2D eigenvalue weighted by Crippen LogP contribution is 2.41. The zero-order valence-electron chi connectivity index (χ0n) is 19.2. The van der Waals surface area contributed by atoms with E-state index >= 15 is 0 Å². The van der Waals surface area contributed by atoms with Crippen molar-refractivity contribution in [2.75, 3.05) is 29.9 Å². The fourth-order valence-electron chi connectivity index (χ4n) is 3.53. The molecule has 196 valence electrons. The first-order valence-corrected chi connectivity index (χ1v) is 13.9. The molecule has 3 heterocycles. The second-order valence-electron chi connectivity index (χ2n) is 7.51. The minimum absolute atomic E-state index is 0.0129. The smallest absolute Gasteiger partial charge is 0.355 e. The molecule has 0 radical (unpaired) electrons. The third-order valence-corrected chi connectivity index (χ3v) is 8.09. The average Bonchev–Trinajstić information content (AvgIpc) is 3.35. The number of hydrogen-bond donors (Lipinski definition) is 2. The van der Waals surface area contributed by atoms with Gasteiger partial charge in [0.2, 0.25) is 11.5 Å². The Morgan fingerprint density at radius 2 is 2.11 bits per heavy atom. The number of ether oxygens (including phenoxy) is 2. The largest absolute Gasteiger partial charge is 0.497 e. The van der Waals surface area contributed by atoms with E-state index in [1.54, 1.807) is 31.4 Å². The summed E-state index contributed by atoms with van der Waals surface area (Å²) in [5.74, 6) is -1.00. The Hall–Kier alpha value is -2.99. The highest BCUT2D eigenvalue weighted by atomic mass is 127. The van der Waals surface area contributed by atoms with Crippen molar-refractivity contribution in [1.29, 1.82) is 0 Å². The Labute approximate surface area is 232 Å². The molecule has 37 heavy (non-hydrogen) atoms. The van der Waals surface area contributed by atoms with Gasteiger partial charge in [0.05, 0.1) is 7.11 Å². The molecule has 2 aliphatic heterocycles. The first-order chi connectivity index (χ1) is 17.9. The van der Waals surface area contributed by atoms with E-state index in [1.807, 2.05) is 0 Å². The molecule has 16 heteroatoms. The first-order valence-electron chi connectivity index (χ1n) is 10.6. The van der Waals surface area contributed by atoms with Crippen LogP contribution in [0.5, 0.6) is 5.75 Å². The Kier molecular flexibility index (Phi) is 8.80. The van der Waals surface area contributed by atoms with Crippen molar-refractivity contribution >= 4 is 74.5 Å². The lowest BCUT2D eigenvalue weighted by Gasteiger charge is -2.49. The average molecular weight is 662 g/mol. The Bertz CT molecular complexity index is 1260. The van der Waals surface area contributed by atoms with Crippen molar-refractivity contribution in [3.8, 4) is 5.75 Å². The molecule has 2 amide bonds. The van der Waals surface area contributed by atoms with Gasteiger partial charge >= 0.3 is 5.97 Å². The predicted molar refractivity (Wildman–Crippen MR) is 142 cm³/mol. The van der Waals surface area contributed by atoms with Gasteiger partial charge in [-0.05, 0) is 23.3 Å². The number of benzene rings is 1. The minimum atomic E-state index is -1.28. The number of aromatic nitrogens is 2. The van der Waals surface area contributed by atoms with Crippen LogP contribution in [0, 0.1) is 0 Å². The third-order valence-electron chi connectivity index (χ3n) is 5.29. The van der Waals surface area contributed by atoms with Crippen LogP contribution in [-0.2, 0) is 30.6 Å². The lowest BCUT2D eigenvalue weighted by molar-refractivity contribution is -0.153. The van der Waals surface area contributed by atoms with E-state index in [0.717, 1.165) is 22.7 Å². The maximum atomic E-state index is 13.1. The van der Waals surface area contributed by atoms with Gasteiger partial charge in [0.25, 0.3) is 18.7 Å². The number of oxime groups is 1. The van der Waals surface area contributed by atoms with Gasteiger partial charge < -0.3 is 25.4 Å². The number of halogens is 2. The van der Waals surface area contributed by atoms with Gasteiger partial charge in [0.15, 0.2) is 5.13 Å². The second kappa shape index (κ2) is 12.0. The monoisotopic (exact) mass is 662 g/mol. The summed E-state index contributed by atoms with van der Waals surface area (Å²) in [6.45, 7) is -1.27. The summed E-state index contributed by atoms with van der Waals surface area (Å²) in [6, 6.07) is 6.09. The summed E-state index contributed by atoms with van der Waals surface area (Å²) < 4.78 is 27.5. The van der Waals surface area contributed by atoms with E-state index in [9.17, 15) is 18.8 Å². The fraction of sp³-hybridized carbons (Fsp3) is 0.333. The number of esters is 1. The SMILES string of the molecule is COc1ccc(COC(=O)C2=C(CI)CSC3C(NC(=O)C(=NOCF)c4nsc(N)n4)C(=O)N23)cc1. The van der Waals surface area contributed by atoms with Crippen LogP contribution in [0.1, 0.15) is 11.4 Å². The number of nitrogens with one attached hydrogen (secondary N) is 1. The molecule has 0 aliphatic carbocycles. The van der Waals surface area contributed by atoms with Crippen molar-refractivity contribution in [2.45, 2.75) is 18.0 Å². The predicted octanol–water partition coefficient (Wildman–Crippen LogP) is 1.61. The lowest BCUT2D eigenvalue weighted by Crippen LogP contribution is -2.71. The van der Waals surface area contributed by atoms with Gasteiger partial charge in [-0.1, -0.05) is 39.9 Å². The standard InChI is InChI=1S/C21H20FIN6O6S2/c1-33-12-4-2-10(3-5-12)7-34-20(32)15-11(6-23)8-36-19-14(18(31)29(15)19)25-17(30)13(27-35-9-22)16-26-21(24)37-28-16/h2-5,14,19H,6-9H2,1H3,(H,25,30)(H2,24,26,28). The molecule has 0 spiro atoms. The summed E-state index contributed by atoms with van der Waals surface area (Å²) in [5, 5.41) is 5.50. The molecule has 3 N–H and O–H groups in total. The van der Waals surface area contributed by atoms with E-state index in [4.69, 9.17) is 15.2 Å². The van der Waals surface area contributed by atoms with Gasteiger partial charge in [-0.15, -0.1) is 11.8 Å². The first kappa shape index (κ1) is 27.1. The van der Waals surface area contributed by atoms with Gasteiger partial charge in [-0.2, -0.15) is 9.36 Å². The molecule has 2 atom stereocenters. The molecule has 1 saturated heterocycles. The van der Waals surface area contributed by atoms with Crippen LogP contribution < -0.4 is 15.8 Å². The highest BCUT2D eigenvalue weighted by molar-refractivity contribution is 14.1. The molecule has 1 aromatic heterocycles. The number of fused-ring (bicyclic) bond motifs is 1. The van der Waals surface area contributed by atoms with Crippen molar-refractivity contribution < 1.29 is 33.1 Å². The summed E-state index contributed by atoms with van der Waals surface area (Å²) in [5.41, 5.74) is 6.81. The molecule has 0 bridgehead atoms. The molecule has 1 fully saturated rings. The summed E-state index contributed by atoms with van der Waals surface area (Å²) >= 11 is 4.33.